The van der Waals surface area contributed by atoms with Gasteiger partial charge in [-0.05, 0) is 85.3 Å². The van der Waals surface area contributed by atoms with Crippen molar-refractivity contribution in [1.82, 2.24) is 4.90 Å². The molecule has 1 aromatic rings. The summed E-state index contributed by atoms with van der Waals surface area (Å²) in [5.74, 6) is 2.55. The molecule has 146 valence electrons. The zero-order valence-electron chi connectivity index (χ0n) is 16.8. The maximum absolute atomic E-state index is 12.2. The third-order valence-electron chi connectivity index (χ3n) is 8.97. The van der Waals surface area contributed by atoms with E-state index in [9.17, 15) is 4.79 Å². The van der Waals surface area contributed by atoms with Gasteiger partial charge in [-0.3, -0.25) is 4.79 Å². The number of carbonyl (C=O) groups excluding carboxylic acids is 1. The van der Waals surface area contributed by atoms with Gasteiger partial charge < -0.3 is 10.2 Å². The van der Waals surface area contributed by atoms with Crippen LogP contribution in [0.2, 0.25) is 0 Å². The molecule has 27 heavy (non-hydrogen) atoms. The van der Waals surface area contributed by atoms with Gasteiger partial charge >= 0.3 is 0 Å². The van der Waals surface area contributed by atoms with E-state index in [4.69, 9.17) is 0 Å². The van der Waals surface area contributed by atoms with Crippen molar-refractivity contribution in [1.29, 1.82) is 0 Å². The number of hydrogen-bond donors (Lipinski definition) is 1. The zero-order chi connectivity index (χ0) is 18.8. The van der Waals surface area contributed by atoms with Crippen LogP contribution in [0.1, 0.15) is 52.4 Å². The van der Waals surface area contributed by atoms with Crippen molar-refractivity contribution in [2.75, 3.05) is 12.4 Å². The second kappa shape index (κ2) is 6.10. The van der Waals surface area contributed by atoms with Crippen molar-refractivity contribution in [2.45, 2.75) is 64.5 Å². The van der Waals surface area contributed by atoms with Crippen molar-refractivity contribution in [2.24, 2.45) is 28.6 Å². The van der Waals surface area contributed by atoms with Crippen LogP contribution in [-0.2, 0) is 4.79 Å². The number of nitrogens with one attached hydrogen (secondary N) is 1. The van der Waals surface area contributed by atoms with Gasteiger partial charge in [0.05, 0.1) is 5.00 Å². The number of amides is 1. The molecular weight excluding hydrogens is 352 g/mol. The quantitative estimate of drug-likeness (QED) is 0.763. The summed E-state index contributed by atoms with van der Waals surface area (Å²) in [5.41, 5.74) is 0.570. The van der Waals surface area contributed by atoms with Gasteiger partial charge in [-0.25, -0.2) is 0 Å². The Bertz CT molecular complexity index is 758. The largest absolute Gasteiger partial charge is 0.374 e. The molecule has 2 heterocycles. The molecule has 4 aliphatic rings. The van der Waals surface area contributed by atoms with Gasteiger partial charge in [0, 0.05) is 24.5 Å². The number of rotatable bonds is 2. The Hall–Kier alpha value is -1.29. The molecule has 3 saturated carbocycles. The van der Waals surface area contributed by atoms with Gasteiger partial charge in [-0.2, -0.15) is 0 Å². The van der Waals surface area contributed by atoms with Gasteiger partial charge in [0.1, 0.15) is 0 Å². The van der Waals surface area contributed by atoms with E-state index < -0.39 is 0 Å². The van der Waals surface area contributed by atoms with E-state index >= 15 is 0 Å². The molecule has 5 rings (SSSR count). The molecule has 0 spiro atoms. The number of likely N-dealkylation sites (N-methyl/N-ethyl adjacent to an activating group) is 1. The van der Waals surface area contributed by atoms with Crippen LogP contribution in [0.25, 0.3) is 0 Å². The smallest absolute Gasteiger partial charge is 0.246 e. The van der Waals surface area contributed by atoms with Crippen LogP contribution in [0.4, 0.5) is 5.00 Å². The van der Waals surface area contributed by atoms with Crippen LogP contribution < -0.4 is 5.32 Å². The Morgan fingerprint density at radius 1 is 1.15 bits per heavy atom. The summed E-state index contributed by atoms with van der Waals surface area (Å²) in [4.78, 5) is 14.2. The maximum atomic E-state index is 12.2. The second-order valence-corrected chi connectivity index (χ2v) is 10.9. The summed E-state index contributed by atoms with van der Waals surface area (Å²) in [6.07, 6.45) is 11.9. The lowest BCUT2D eigenvalue weighted by atomic mass is 9.48. The van der Waals surface area contributed by atoms with Crippen LogP contribution in [0.5, 0.6) is 0 Å². The molecular formula is C23H32N2OS. The van der Waals surface area contributed by atoms with E-state index in [-0.39, 0.29) is 11.3 Å². The molecule has 1 aromatic heterocycles. The monoisotopic (exact) mass is 384 g/mol. The lowest BCUT2D eigenvalue weighted by Crippen LogP contribution is -2.60. The summed E-state index contributed by atoms with van der Waals surface area (Å²) < 4.78 is 0. The molecule has 4 heteroatoms. The van der Waals surface area contributed by atoms with Gasteiger partial charge in [0.2, 0.25) is 5.91 Å². The average Bonchev–Trinajstić information content (AvgIpc) is 3.27. The van der Waals surface area contributed by atoms with Crippen molar-refractivity contribution in [3.05, 3.63) is 29.7 Å². The molecule has 3 aliphatic carbocycles. The molecule has 0 saturated heterocycles. The van der Waals surface area contributed by atoms with Crippen LogP contribution >= 0.6 is 11.3 Å². The Morgan fingerprint density at radius 3 is 2.78 bits per heavy atom. The fourth-order valence-electron chi connectivity index (χ4n) is 7.51. The van der Waals surface area contributed by atoms with Crippen LogP contribution in [-0.4, -0.2) is 29.9 Å². The summed E-state index contributed by atoms with van der Waals surface area (Å²) in [6.45, 7) is 5.00. The molecule has 1 N–H and O–H groups in total. The molecule has 1 aliphatic heterocycles. The van der Waals surface area contributed by atoms with Gasteiger partial charge in [-0.15, -0.1) is 11.3 Å². The number of fused-ring (bicyclic) bond motifs is 5. The van der Waals surface area contributed by atoms with Gasteiger partial charge in [-0.1, -0.05) is 19.9 Å². The first-order valence-electron chi connectivity index (χ1n) is 10.7. The highest BCUT2D eigenvalue weighted by Crippen LogP contribution is 2.64. The highest BCUT2D eigenvalue weighted by atomic mass is 32.1. The Kier molecular flexibility index (Phi) is 4.02. The first-order valence-corrected chi connectivity index (χ1v) is 11.6. The molecule has 3 nitrogen and oxygen atoms in total. The van der Waals surface area contributed by atoms with E-state index in [1.807, 2.05) is 29.4 Å². The second-order valence-electron chi connectivity index (χ2n) is 9.91. The lowest BCUT2D eigenvalue weighted by molar-refractivity contribution is -0.138. The minimum Gasteiger partial charge on any atom is -0.374 e. The number of anilines is 1. The van der Waals surface area contributed by atoms with Crippen LogP contribution in [0, 0.1) is 28.6 Å². The average molecular weight is 385 g/mol. The zero-order valence-corrected chi connectivity index (χ0v) is 17.6. The van der Waals surface area contributed by atoms with Crippen molar-refractivity contribution >= 4 is 22.2 Å². The van der Waals surface area contributed by atoms with Crippen molar-refractivity contribution in [3.63, 3.8) is 0 Å². The predicted molar refractivity (Wildman–Crippen MR) is 112 cm³/mol. The maximum Gasteiger partial charge on any atom is 0.246 e. The lowest BCUT2D eigenvalue weighted by Gasteiger charge is -2.60. The third kappa shape index (κ3) is 2.48. The predicted octanol–water partition coefficient (Wildman–Crippen LogP) is 5.17. The molecule has 2 unspecified atom stereocenters. The third-order valence-corrected chi connectivity index (χ3v) is 9.77. The van der Waals surface area contributed by atoms with E-state index in [1.54, 1.807) is 0 Å². The minimum atomic E-state index is 0.159. The number of thiophene rings is 1. The van der Waals surface area contributed by atoms with Gasteiger partial charge in [0.25, 0.3) is 0 Å². The van der Waals surface area contributed by atoms with Crippen LogP contribution in [0.3, 0.4) is 0 Å². The summed E-state index contributed by atoms with van der Waals surface area (Å²) in [5, 5.41) is 7.39. The highest BCUT2D eigenvalue weighted by Gasteiger charge is 2.60. The normalized spacial score (nSPS) is 46.0. The molecule has 0 aromatic carbocycles. The highest BCUT2D eigenvalue weighted by molar-refractivity contribution is 7.14. The van der Waals surface area contributed by atoms with Crippen molar-refractivity contribution in [3.8, 4) is 0 Å². The first-order chi connectivity index (χ1) is 12.9. The Labute approximate surface area is 167 Å². The first kappa shape index (κ1) is 17.8. The molecule has 1 amide bonds. The fourth-order valence-corrected chi connectivity index (χ4v) is 8.18. The van der Waals surface area contributed by atoms with Gasteiger partial charge in [0.15, 0.2) is 0 Å². The van der Waals surface area contributed by atoms with E-state index in [2.05, 4.69) is 42.8 Å². The molecule has 3 fully saturated rings. The minimum absolute atomic E-state index is 0.159. The molecule has 0 bridgehead atoms. The molecule has 0 radical (unpaired) electrons. The van der Waals surface area contributed by atoms with Crippen LogP contribution in [0.15, 0.2) is 29.7 Å². The van der Waals surface area contributed by atoms with E-state index in [0.29, 0.717) is 17.5 Å². The summed E-state index contributed by atoms with van der Waals surface area (Å²) in [7, 11) is 2.01. The Balaban J connectivity index is 1.42. The summed E-state index contributed by atoms with van der Waals surface area (Å²) >= 11 is 1.83. The number of carbonyl (C=O) groups is 1. The SMILES string of the molecule is CN1C(=O)C=C[C@@]2(C)C1CC[C@@H]1[C@H]2CC[C@]2(C)C(Nc3cccs3)CC[C@@H]12. The fraction of sp³-hybridized carbons (Fsp3) is 0.696. The number of hydrogen-bond acceptors (Lipinski definition) is 3. The Morgan fingerprint density at radius 2 is 2.00 bits per heavy atom. The van der Waals surface area contributed by atoms with E-state index in [1.165, 1.54) is 43.5 Å². The van der Waals surface area contributed by atoms with E-state index in [0.717, 1.165) is 17.8 Å². The number of nitrogens with zero attached hydrogens (tertiary/aromatic N) is 1. The van der Waals surface area contributed by atoms with Crippen molar-refractivity contribution < 1.29 is 4.79 Å². The topological polar surface area (TPSA) is 32.3 Å². The standard InChI is InChI=1S/C23H32N2OS/c1-22-12-10-17-15(6-9-19-23(17,2)13-11-21(26)25(19)3)16(22)7-8-18(22)24-20-5-4-14-27-20/h4-5,11,13-19,24H,6-10,12H2,1-3H3/t15-,16-,17+,18?,19?,22-,23+/m0/s1. The molecule has 7 atom stereocenters. The summed E-state index contributed by atoms with van der Waals surface area (Å²) in [6, 6.07) is 5.37.